The summed E-state index contributed by atoms with van der Waals surface area (Å²) in [4.78, 5) is 29.0. The molecule has 0 aliphatic carbocycles. The SMILES string of the molecule is O=C(Cc1ccsc1)N1CCC(N2C(=O)NCC23CCOCC3)CC1. The Hall–Kier alpha value is -1.60. The number of ether oxygens (including phenoxy) is 1. The van der Waals surface area contributed by atoms with Crippen molar-refractivity contribution in [1.82, 2.24) is 15.1 Å². The second-order valence-corrected chi connectivity index (χ2v) is 8.07. The molecule has 3 fully saturated rings. The van der Waals surface area contributed by atoms with Gasteiger partial charge in [0.2, 0.25) is 5.91 Å². The number of hydrogen-bond donors (Lipinski definition) is 1. The van der Waals surface area contributed by atoms with Gasteiger partial charge in [-0.15, -0.1) is 0 Å². The highest BCUT2D eigenvalue weighted by Crippen LogP contribution is 2.35. The topological polar surface area (TPSA) is 61.9 Å². The van der Waals surface area contributed by atoms with Crippen LogP contribution in [-0.4, -0.2) is 66.2 Å². The summed E-state index contributed by atoms with van der Waals surface area (Å²) in [6, 6.07) is 2.30. The number of amides is 3. The van der Waals surface area contributed by atoms with Gasteiger partial charge in [0.05, 0.1) is 12.0 Å². The monoisotopic (exact) mass is 363 g/mol. The van der Waals surface area contributed by atoms with E-state index in [9.17, 15) is 9.59 Å². The third-order valence-corrected chi connectivity index (χ3v) is 6.57. The summed E-state index contributed by atoms with van der Waals surface area (Å²) in [6.45, 7) is 3.66. The van der Waals surface area contributed by atoms with Crippen molar-refractivity contribution in [2.45, 2.75) is 43.7 Å². The van der Waals surface area contributed by atoms with Crippen LogP contribution in [0.15, 0.2) is 16.8 Å². The van der Waals surface area contributed by atoms with Gasteiger partial charge in [0.1, 0.15) is 0 Å². The fraction of sp³-hybridized carbons (Fsp3) is 0.667. The van der Waals surface area contributed by atoms with Crippen LogP contribution >= 0.6 is 11.3 Å². The van der Waals surface area contributed by atoms with E-state index in [2.05, 4.69) is 10.2 Å². The molecular weight excluding hydrogens is 338 g/mol. The summed E-state index contributed by atoms with van der Waals surface area (Å²) in [5.74, 6) is 0.198. The summed E-state index contributed by atoms with van der Waals surface area (Å²) in [6.07, 6.45) is 4.03. The highest BCUT2D eigenvalue weighted by Gasteiger charge is 2.49. The van der Waals surface area contributed by atoms with E-state index >= 15 is 0 Å². The summed E-state index contributed by atoms with van der Waals surface area (Å²) >= 11 is 1.63. The minimum absolute atomic E-state index is 0.0601. The third-order valence-electron chi connectivity index (χ3n) is 5.84. The maximum absolute atomic E-state index is 12.5. The number of carbonyl (C=O) groups excluding carboxylic acids is 2. The largest absolute Gasteiger partial charge is 0.381 e. The predicted octanol–water partition coefficient (Wildman–Crippen LogP) is 1.86. The Morgan fingerprint density at radius 1 is 1.32 bits per heavy atom. The van der Waals surface area contributed by atoms with Gasteiger partial charge in [0.15, 0.2) is 0 Å². The molecule has 0 saturated carbocycles. The molecule has 25 heavy (non-hydrogen) atoms. The van der Waals surface area contributed by atoms with E-state index in [1.807, 2.05) is 21.7 Å². The minimum Gasteiger partial charge on any atom is -0.381 e. The molecule has 0 aromatic carbocycles. The van der Waals surface area contributed by atoms with Gasteiger partial charge in [-0.25, -0.2) is 4.79 Å². The van der Waals surface area contributed by atoms with Crippen molar-refractivity contribution in [2.24, 2.45) is 0 Å². The number of hydrogen-bond acceptors (Lipinski definition) is 4. The Morgan fingerprint density at radius 3 is 2.76 bits per heavy atom. The average Bonchev–Trinajstić information content (AvgIpc) is 3.25. The molecular formula is C18H25N3O3S. The van der Waals surface area contributed by atoms with Gasteiger partial charge >= 0.3 is 6.03 Å². The Bertz CT molecular complexity index is 620. The Balaban J connectivity index is 1.37. The van der Waals surface area contributed by atoms with E-state index in [-0.39, 0.29) is 23.5 Å². The number of carbonyl (C=O) groups is 2. The number of likely N-dealkylation sites (tertiary alicyclic amines) is 1. The van der Waals surface area contributed by atoms with Crippen LogP contribution in [0.3, 0.4) is 0 Å². The standard InChI is InChI=1S/C18H25N3O3S/c22-16(11-14-3-10-25-12-14)20-6-1-15(2-7-20)21-17(23)19-13-18(21)4-8-24-9-5-18/h3,10,12,15H,1-2,4-9,11,13H2,(H,19,23). The fourth-order valence-corrected chi connectivity index (χ4v) is 5.07. The molecule has 0 unspecified atom stereocenters. The van der Waals surface area contributed by atoms with E-state index in [4.69, 9.17) is 4.74 Å². The van der Waals surface area contributed by atoms with Crippen LogP contribution in [0, 0.1) is 0 Å². The van der Waals surface area contributed by atoms with Crippen LogP contribution in [0.4, 0.5) is 4.79 Å². The summed E-state index contributed by atoms with van der Waals surface area (Å²) in [5, 5.41) is 7.09. The molecule has 136 valence electrons. The summed E-state index contributed by atoms with van der Waals surface area (Å²) in [5.41, 5.74) is 1.01. The molecule has 0 radical (unpaired) electrons. The fourth-order valence-electron chi connectivity index (χ4n) is 4.40. The maximum atomic E-state index is 12.5. The van der Waals surface area contributed by atoms with Gasteiger partial charge in [-0.2, -0.15) is 11.3 Å². The van der Waals surface area contributed by atoms with E-state index < -0.39 is 0 Å². The zero-order valence-electron chi connectivity index (χ0n) is 14.4. The number of urea groups is 1. The molecule has 3 aliphatic rings. The first-order valence-corrected chi connectivity index (χ1v) is 10.1. The lowest BCUT2D eigenvalue weighted by Gasteiger charge is -2.46. The number of nitrogens with one attached hydrogen (secondary N) is 1. The molecule has 6 nitrogen and oxygen atoms in total. The molecule has 4 heterocycles. The van der Waals surface area contributed by atoms with Crippen LogP contribution in [0.5, 0.6) is 0 Å². The van der Waals surface area contributed by atoms with Gasteiger partial charge in [-0.3, -0.25) is 4.79 Å². The van der Waals surface area contributed by atoms with E-state index in [1.165, 1.54) is 0 Å². The van der Waals surface area contributed by atoms with Gasteiger partial charge in [-0.1, -0.05) is 0 Å². The smallest absolute Gasteiger partial charge is 0.318 e. The summed E-state index contributed by atoms with van der Waals surface area (Å²) in [7, 11) is 0. The lowest BCUT2D eigenvalue weighted by molar-refractivity contribution is -0.132. The molecule has 3 aliphatic heterocycles. The molecule has 3 saturated heterocycles. The van der Waals surface area contributed by atoms with Crippen molar-refractivity contribution in [1.29, 1.82) is 0 Å². The molecule has 1 N–H and O–H groups in total. The molecule has 3 amide bonds. The van der Waals surface area contributed by atoms with Crippen molar-refractivity contribution in [3.05, 3.63) is 22.4 Å². The second-order valence-electron chi connectivity index (χ2n) is 7.29. The Morgan fingerprint density at radius 2 is 2.08 bits per heavy atom. The number of rotatable bonds is 3. The zero-order chi connectivity index (χ0) is 17.3. The molecule has 0 atom stereocenters. The lowest BCUT2D eigenvalue weighted by atomic mass is 9.86. The minimum atomic E-state index is -0.0805. The first kappa shape index (κ1) is 16.8. The quantitative estimate of drug-likeness (QED) is 0.892. The van der Waals surface area contributed by atoms with Crippen LogP contribution in [0.25, 0.3) is 0 Å². The van der Waals surface area contributed by atoms with E-state index in [0.717, 1.165) is 64.1 Å². The van der Waals surface area contributed by atoms with Gasteiger partial charge in [0.25, 0.3) is 0 Å². The Labute approximate surface area is 152 Å². The molecule has 0 bridgehead atoms. The van der Waals surface area contributed by atoms with Gasteiger partial charge in [0, 0.05) is 38.9 Å². The second kappa shape index (κ2) is 6.96. The number of piperidine rings is 1. The van der Waals surface area contributed by atoms with Crippen molar-refractivity contribution < 1.29 is 14.3 Å². The van der Waals surface area contributed by atoms with Crippen LogP contribution in [-0.2, 0) is 16.0 Å². The molecule has 4 rings (SSSR count). The van der Waals surface area contributed by atoms with Crippen molar-refractivity contribution in [3.63, 3.8) is 0 Å². The molecule has 7 heteroatoms. The van der Waals surface area contributed by atoms with Gasteiger partial charge < -0.3 is 19.9 Å². The van der Waals surface area contributed by atoms with E-state index in [1.54, 1.807) is 11.3 Å². The van der Waals surface area contributed by atoms with E-state index in [0.29, 0.717) is 6.42 Å². The van der Waals surface area contributed by atoms with Crippen LogP contribution in [0.1, 0.15) is 31.2 Å². The zero-order valence-corrected chi connectivity index (χ0v) is 15.2. The van der Waals surface area contributed by atoms with Crippen LogP contribution < -0.4 is 5.32 Å². The van der Waals surface area contributed by atoms with Crippen molar-refractivity contribution >= 4 is 23.3 Å². The van der Waals surface area contributed by atoms with Gasteiger partial charge in [-0.05, 0) is 48.1 Å². The molecule has 1 aromatic heterocycles. The average molecular weight is 363 g/mol. The molecule has 1 spiro atoms. The maximum Gasteiger partial charge on any atom is 0.318 e. The summed E-state index contributed by atoms with van der Waals surface area (Å²) < 4.78 is 5.51. The Kier molecular flexibility index (Phi) is 4.69. The first-order chi connectivity index (χ1) is 12.2. The first-order valence-electron chi connectivity index (χ1n) is 9.12. The van der Waals surface area contributed by atoms with Crippen molar-refractivity contribution in [2.75, 3.05) is 32.8 Å². The normalized spacial score (nSPS) is 23.9. The van der Waals surface area contributed by atoms with Crippen LogP contribution in [0.2, 0.25) is 0 Å². The highest BCUT2D eigenvalue weighted by atomic mass is 32.1. The third kappa shape index (κ3) is 3.27. The molecule has 1 aromatic rings. The number of nitrogens with zero attached hydrogens (tertiary/aromatic N) is 2. The lowest BCUT2D eigenvalue weighted by Crippen LogP contribution is -2.57. The highest BCUT2D eigenvalue weighted by molar-refractivity contribution is 7.08. The van der Waals surface area contributed by atoms with Crippen molar-refractivity contribution in [3.8, 4) is 0 Å². The number of thiophene rings is 1. The predicted molar refractivity (Wildman–Crippen MR) is 95.6 cm³/mol.